The van der Waals surface area contributed by atoms with E-state index in [-0.39, 0.29) is 0 Å². The second kappa shape index (κ2) is 3.14. The molecule has 1 heterocycles. The highest BCUT2D eigenvalue weighted by molar-refractivity contribution is 5.81. The summed E-state index contributed by atoms with van der Waals surface area (Å²) in [6.45, 7) is 4.22. The molecule has 1 aliphatic heterocycles. The van der Waals surface area contributed by atoms with Crippen molar-refractivity contribution >= 4 is 12.1 Å². The third kappa shape index (κ3) is 1.67. The van der Waals surface area contributed by atoms with Gasteiger partial charge in [0.15, 0.2) is 0 Å². The van der Waals surface area contributed by atoms with Crippen LogP contribution in [0.3, 0.4) is 0 Å². The standard InChI is InChI=1S/C8H10N2/c1-7(2)8-5-9-3-4-10-6-8/h3,5-7H,1-2H3. The number of aliphatic imine (C=N–C) groups is 2. The molecule has 0 aromatic heterocycles. The van der Waals surface area contributed by atoms with E-state index in [2.05, 4.69) is 29.7 Å². The fourth-order valence-corrected chi connectivity index (χ4v) is 0.633. The zero-order valence-electron chi connectivity index (χ0n) is 6.20. The molecule has 0 radical (unpaired) electrons. The fraction of sp³-hybridized carbons (Fsp3) is 0.375. The van der Waals surface area contributed by atoms with E-state index in [1.54, 1.807) is 12.4 Å². The van der Waals surface area contributed by atoms with Crippen molar-refractivity contribution in [3.63, 3.8) is 0 Å². The summed E-state index contributed by atoms with van der Waals surface area (Å²) >= 11 is 0. The Bertz CT molecular complexity index is 228. The van der Waals surface area contributed by atoms with Crippen molar-refractivity contribution in [2.45, 2.75) is 13.8 Å². The average Bonchev–Trinajstić information content (AvgIpc) is 2.12. The maximum atomic E-state index is 3.95. The molecule has 0 amide bonds. The van der Waals surface area contributed by atoms with Crippen molar-refractivity contribution in [2.24, 2.45) is 15.9 Å². The molecule has 0 saturated heterocycles. The molecule has 0 spiro atoms. The van der Waals surface area contributed by atoms with E-state index in [1.807, 2.05) is 6.21 Å². The minimum Gasteiger partial charge on any atom is -0.254 e. The Labute approximate surface area is 60.7 Å². The molecular weight excluding hydrogens is 124 g/mol. The van der Waals surface area contributed by atoms with Crippen LogP contribution in [-0.4, -0.2) is 12.1 Å². The van der Waals surface area contributed by atoms with Crippen molar-refractivity contribution in [3.05, 3.63) is 18.0 Å². The molecule has 0 saturated carbocycles. The van der Waals surface area contributed by atoms with E-state index in [4.69, 9.17) is 0 Å². The third-order valence-corrected chi connectivity index (χ3v) is 1.31. The Morgan fingerprint density at radius 2 is 2.30 bits per heavy atom. The van der Waals surface area contributed by atoms with E-state index < -0.39 is 0 Å². The van der Waals surface area contributed by atoms with Gasteiger partial charge in [-0.15, -0.1) is 0 Å². The number of allylic oxidation sites excluding steroid dienone is 1. The molecular formula is C8H10N2. The molecule has 0 atom stereocenters. The molecule has 0 aromatic rings. The van der Waals surface area contributed by atoms with Gasteiger partial charge >= 0.3 is 0 Å². The molecule has 0 aromatic carbocycles. The quantitative estimate of drug-likeness (QED) is 0.522. The Balaban J connectivity index is 2.81. The predicted octanol–water partition coefficient (Wildman–Crippen LogP) is 1.79. The minimum atomic E-state index is 0.487. The minimum absolute atomic E-state index is 0.487. The van der Waals surface area contributed by atoms with Crippen LogP contribution in [0.25, 0.3) is 0 Å². The summed E-state index contributed by atoms with van der Waals surface area (Å²) in [6, 6.07) is 0. The van der Waals surface area contributed by atoms with E-state index in [0.717, 1.165) is 5.57 Å². The normalized spacial score (nSPS) is 15.7. The topological polar surface area (TPSA) is 24.7 Å². The zero-order chi connectivity index (χ0) is 7.40. The molecule has 52 valence electrons. The first-order chi connectivity index (χ1) is 4.80. The summed E-state index contributed by atoms with van der Waals surface area (Å²) in [5.41, 5.74) is 1.14. The van der Waals surface area contributed by atoms with E-state index >= 15 is 0 Å². The maximum Gasteiger partial charge on any atom is 0.0881 e. The number of hydrogen-bond acceptors (Lipinski definition) is 2. The predicted molar refractivity (Wildman–Crippen MR) is 43.4 cm³/mol. The van der Waals surface area contributed by atoms with Crippen LogP contribution < -0.4 is 0 Å². The Hall–Kier alpha value is -1.14. The zero-order valence-corrected chi connectivity index (χ0v) is 6.20. The van der Waals surface area contributed by atoms with Gasteiger partial charge in [-0.2, -0.15) is 0 Å². The smallest absolute Gasteiger partial charge is 0.0881 e. The van der Waals surface area contributed by atoms with Gasteiger partial charge in [0.05, 0.1) is 6.20 Å². The van der Waals surface area contributed by atoms with E-state index in [1.165, 1.54) is 0 Å². The van der Waals surface area contributed by atoms with Crippen molar-refractivity contribution in [2.75, 3.05) is 0 Å². The molecule has 10 heavy (non-hydrogen) atoms. The first-order valence-corrected chi connectivity index (χ1v) is 3.31. The monoisotopic (exact) mass is 134 g/mol. The van der Waals surface area contributed by atoms with Crippen LogP contribution in [0, 0.1) is 5.92 Å². The summed E-state index contributed by atoms with van der Waals surface area (Å²) in [7, 11) is 0. The van der Waals surface area contributed by atoms with Gasteiger partial charge in [0.25, 0.3) is 0 Å². The van der Waals surface area contributed by atoms with Gasteiger partial charge in [-0.1, -0.05) is 13.8 Å². The lowest BCUT2D eigenvalue weighted by Gasteiger charge is -2.00. The van der Waals surface area contributed by atoms with Crippen molar-refractivity contribution in [1.82, 2.24) is 0 Å². The van der Waals surface area contributed by atoms with Crippen molar-refractivity contribution < 1.29 is 0 Å². The molecule has 1 rings (SSSR count). The van der Waals surface area contributed by atoms with Crippen LogP contribution in [0.2, 0.25) is 0 Å². The average molecular weight is 134 g/mol. The highest BCUT2D eigenvalue weighted by Gasteiger charge is 1.98. The van der Waals surface area contributed by atoms with Crippen molar-refractivity contribution in [3.8, 4) is 0 Å². The fourth-order valence-electron chi connectivity index (χ4n) is 0.633. The Kier molecular flexibility index (Phi) is 2.19. The highest BCUT2D eigenvalue weighted by Crippen LogP contribution is 2.07. The van der Waals surface area contributed by atoms with Crippen LogP contribution in [0.4, 0.5) is 0 Å². The molecule has 0 bridgehead atoms. The molecule has 2 nitrogen and oxygen atoms in total. The molecule has 0 aliphatic carbocycles. The van der Waals surface area contributed by atoms with Gasteiger partial charge in [-0.25, -0.2) is 4.99 Å². The second-order valence-electron chi connectivity index (χ2n) is 2.45. The van der Waals surface area contributed by atoms with Crippen LogP contribution in [0.1, 0.15) is 13.8 Å². The second-order valence-corrected chi connectivity index (χ2v) is 2.45. The van der Waals surface area contributed by atoms with Gasteiger partial charge in [-0.05, 0) is 11.5 Å². The lowest BCUT2D eigenvalue weighted by molar-refractivity contribution is 0.804. The van der Waals surface area contributed by atoms with Gasteiger partial charge in [0.1, 0.15) is 0 Å². The summed E-state index contributed by atoms with van der Waals surface area (Å²) in [4.78, 5) is 7.83. The van der Waals surface area contributed by atoms with Crippen LogP contribution in [0.15, 0.2) is 28.0 Å². The highest BCUT2D eigenvalue weighted by atomic mass is 14.7. The Morgan fingerprint density at radius 1 is 1.50 bits per heavy atom. The molecule has 2 heteroatoms. The summed E-state index contributed by atoms with van der Waals surface area (Å²) in [5.74, 6) is 3.14. The van der Waals surface area contributed by atoms with E-state index in [0.29, 0.717) is 5.92 Å². The first-order valence-electron chi connectivity index (χ1n) is 3.31. The van der Waals surface area contributed by atoms with E-state index in [9.17, 15) is 0 Å². The van der Waals surface area contributed by atoms with Crippen molar-refractivity contribution in [1.29, 1.82) is 0 Å². The van der Waals surface area contributed by atoms with Gasteiger partial charge in [0, 0.05) is 18.3 Å². The number of nitrogens with zero attached hydrogens (tertiary/aromatic N) is 2. The molecule has 0 fully saturated rings. The molecule has 1 aliphatic rings. The number of rotatable bonds is 1. The maximum absolute atomic E-state index is 3.95. The van der Waals surface area contributed by atoms with Crippen LogP contribution in [0.5, 0.6) is 0 Å². The Morgan fingerprint density at radius 3 is 3.00 bits per heavy atom. The van der Waals surface area contributed by atoms with Crippen LogP contribution in [-0.2, 0) is 0 Å². The van der Waals surface area contributed by atoms with Gasteiger partial charge in [-0.3, -0.25) is 4.99 Å². The SMILES string of the molecule is CC(C)C1=CN=C=CN=C1. The number of hydrogen-bond donors (Lipinski definition) is 0. The molecule has 0 N–H and O–H groups in total. The largest absolute Gasteiger partial charge is 0.254 e. The summed E-state index contributed by atoms with van der Waals surface area (Å²) in [6.07, 6.45) is 5.16. The summed E-state index contributed by atoms with van der Waals surface area (Å²) in [5, 5.41) is 0. The first kappa shape index (κ1) is 6.97. The summed E-state index contributed by atoms with van der Waals surface area (Å²) < 4.78 is 0. The van der Waals surface area contributed by atoms with Gasteiger partial charge < -0.3 is 0 Å². The molecule has 0 unspecified atom stereocenters. The lowest BCUT2D eigenvalue weighted by Crippen LogP contribution is -1.93. The lowest BCUT2D eigenvalue weighted by atomic mass is 10.1. The van der Waals surface area contributed by atoms with Gasteiger partial charge in [0.2, 0.25) is 0 Å². The van der Waals surface area contributed by atoms with Crippen LogP contribution >= 0.6 is 0 Å². The third-order valence-electron chi connectivity index (χ3n) is 1.31.